The summed E-state index contributed by atoms with van der Waals surface area (Å²) in [5.41, 5.74) is 0.854. The third kappa shape index (κ3) is 3.79. The van der Waals surface area contributed by atoms with Crippen LogP contribution in [0.1, 0.15) is 6.92 Å². The van der Waals surface area contributed by atoms with Crippen molar-refractivity contribution in [1.29, 1.82) is 0 Å². The molecular weight excluding hydrogens is 274 g/mol. The number of hydrogen-bond donors (Lipinski definition) is 2. The molecule has 2 rings (SSSR count). The highest BCUT2D eigenvalue weighted by atomic mass is 32.1. The largest absolute Gasteiger partial charge is 0.494 e. The van der Waals surface area contributed by atoms with E-state index in [4.69, 9.17) is 4.74 Å². The van der Waals surface area contributed by atoms with Gasteiger partial charge < -0.3 is 15.4 Å². The molecule has 0 saturated heterocycles. The van der Waals surface area contributed by atoms with Crippen molar-refractivity contribution in [1.82, 2.24) is 10.3 Å². The summed E-state index contributed by atoms with van der Waals surface area (Å²) in [6.45, 7) is 6.99. The molecule has 1 amide bonds. The van der Waals surface area contributed by atoms with Crippen LogP contribution in [0.25, 0.3) is 10.2 Å². The number of ether oxygens (including phenoxy) is 1. The maximum Gasteiger partial charge on any atom is 0.240 e. The Kier molecular flexibility index (Phi) is 5.09. The molecule has 0 atom stereocenters. The normalized spacial score (nSPS) is 10.4. The number of anilines is 1. The van der Waals surface area contributed by atoms with Crippen LogP contribution in [0.4, 0.5) is 5.13 Å². The van der Waals surface area contributed by atoms with E-state index in [-0.39, 0.29) is 12.5 Å². The molecule has 1 heterocycles. The van der Waals surface area contributed by atoms with E-state index in [9.17, 15) is 4.79 Å². The average molecular weight is 291 g/mol. The standard InChI is InChI=1S/C14H17N3O2S/c1-3-7-15-9-13(18)17-14-16-11-6-5-10(19-4-2)8-12(11)20-14/h3,5-6,8,15H,1,4,7,9H2,2H3,(H,16,17,18). The van der Waals surface area contributed by atoms with E-state index in [1.54, 1.807) is 6.08 Å². The summed E-state index contributed by atoms with van der Waals surface area (Å²) in [4.78, 5) is 16.0. The number of nitrogens with zero attached hydrogens (tertiary/aromatic N) is 1. The molecule has 2 N–H and O–H groups in total. The van der Waals surface area contributed by atoms with Gasteiger partial charge in [-0.05, 0) is 25.1 Å². The van der Waals surface area contributed by atoms with Gasteiger partial charge >= 0.3 is 0 Å². The van der Waals surface area contributed by atoms with E-state index < -0.39 is 0 Å². The molecule has 0 saturated carbocycles. The molecule has 2 aromatic rings. The van der Waals surface area contributed by atoms with E-state index in [1.807, 2.05) is 25.1 Å². The van der Waals surface area contributed by atoms with Gasteiger partial charge in [-0.25, -0.2) is 4.98 Å². The third-order valence-electron chi connectivity index (χ3n) is 2.49. The fourth-order valence-electron chi connectivity index (χ4n) is 1.67. The van der Waals surface area contributed by atoms with Crippen LogP contribution in [0, 0.1) is 0 Å². The first-order valence-electron chi connectivity index (χ1n) is 6.37. The van der Waals surface area contributed by atoms with Crippen LogP contribution in [0.2, 0.25) is 0 Å². The molecule has 0 aliphatic carbocycles. The molecule has 0 aliphatic heterocycles. The van der Waals surface area contributed by atoms with Gasteiger partial charge in [-0.15, -0.1) is 6.58 Å². The van der Waals surface area contributed by atoms with Gasteiger partial charge in [0.15, 0.2) is 5.13 Å². The highest BCUT2D eigenvalue weighted by Gasteiger charge is 2.08. The molecule has 0 radical (unpaired) electrons. The number of hydrogen-bond acceptors (Lipinski definition) is 5. The SMILES string of the molecule is C=CCNCC(=O)Nc1nc2ccc(OCC)cc2s1. The van der Waals surface area contributed by atoms with Crippen LogP contribution >= 0.6 is 11.3 Å². The molecule has 0 aliphatic rings. The van der Waals surface area contributed by atoms with Crippen molar-refractivity contribution in [3.8, 4) is 5.75 Å². The minimum atomic E-state index is -0.115. The van der Waals surface area contributed by atoms with Gasteiger partial charge in [0.25, 0.3) is 0 Å². The molecular formula is C14H17N3O2S. The van der Waals surface area contributed by atoms with Crippen molar-refractivity contribution < 1.29 is 9.53 Å². The molecule has 1 aromatic carbocycles. The summed E-state index contributed by atoms with van der Waals surface area (Å²) in [6.07, 6.45) is 1.71. The topological polar surface area (TPSA) is 63.2 Å². The molecule has 6 heteroatoms. The minimum absolute atomic E-state index is 0.115. The molecule has 1 aromatic heterocycles. The second-order valence-electron chi connectivity index (χ2n) is 4.05. The fourth-order valence-corrected chi connectivity index (χ4v) is 2.58. The Morgan fingerprint density at radius 3 is 3.15 bits per heavy atom. The second kappa shape index (κ2) is 7.02. The van der Waals surface area contributed by atoms with Crippen molar-refractivity contribution >= 4 is 32.6 Å². The lowest BCUT2D eigenvalue weighted by atomic mass is 10.3. The molecule has 0 spiro atoms. The maximum absolute atomic E-state index is 11.7. The van der Waals surface area contributed by atoms with Gasteiger partial charge in [0.2, 0.25) is 5.91 Å². The Hall–Kier alpha value is -1.92. The number of rotatable bonds is 7. The van der Waals surface area contributed by atoms with Crippen molar-refractivity contribution in [2.45, 2.75) is 6.92 Å². The number of benzene rings is 1. The zero-order valence-corrected chi connectivity index (χ0v) is 12.1. The molecule has 0 unspecified atom stereocenters. The Bertz CT molecular complexity index is 609. The van der Waals surface area contributed by atoms with E-state index in [1.165, 1.54) is 11.3 Å². The average Bonchev–Trinajstić information content (AvgIpc) is 2.80. The minimum Gasteiger partial charge on any atom is -0.494 e. The Balaban J connectivity index is 2.03. The van der Waals surface area contributed by atoms with Crippen molar-refractivity contribution in [2.75, 3.05) is 25.0 Å². The predicted octanol–water partition coefficient (Wildman–Crippen LogP) is 2.41. The molecule has 0 bridgehead atoms. The zero-order chi connectivity index (χ0) is 14.4. The van der Waals surface area contributed by atoms with Gasteiger partial charge in [0, 0.05) is 6.54 Å². The lowest BCUT2D eigenvalue weighted by Crippen LogP contribution is -2.27. The van der Waals surface area contributed by atoms with Gasteiger partial charge in [0.05, 0.1) is 23.4 Å². The van der Waals surface area contributed by atoms with Crippen molar-refractivity contribution in [3.05, 3.63) is 30.9 Å². The number of carbonyl (C=O) groups excluding carboxylic acids is 1. The predicted molar refractivity (Wildman–Crippen MR) is 82.5 cm³/mol. The first-order chi connectivity index (χ1) is 9.72. The molecule has 106 valence electrons. The van der Waals surface area contributed by atoms with Crippen LogP contribution in [-0.2, 0) is 4.79 Å². The number of aromatic nitrogens is 1. The first-order valence-corrected chi connectivity index (χ1v) is 7.19. The Labute approximate surface area is 121 Å². The lowest BCUT2D eigenvalue weighted by Gasteiger charge is -2.01. The number of thiazole rings is 1. The van der Waals surface area contributed by atoms with Crippen molar-refractivity contribution in [3.63, 3.8) is 0 Å². The van der Waals surface area contributed by atoms with Crippen molar-refractivity contribution in [2.24, 2.45) is 0 Å². The summed E-state index contributed by atoms with van der Waals surface area (Å²) < 4.78 is 6.43. The number of fused-ring (bicyclic) bond motifs is 1. The highest BCUT2D eigenvalue weighted by Crippen LogP contribution is 2.29. The van der Waals surface area contributed by atoms with Crippen LogP contribution in [-0.4, -0.2) is 30.6 Å². The van der Waals surface area contributed by atoms with Crippen LogP contribution in [0.15, 0.2) is 30.9 Å². The molecule has 0 fully saturated rings. The zero-order valence-electron chi connectivity index (χ0n) is 11.3. The van der Waals surface area contributed by atoms with E-state index in [0.29, 0.717) is 18.3 Å². The van der Waals surface area contributed by atoms with Gasteiger partial charge in [-0.3, -0.25) is 4.79 Å². The summed E-state index contributed by atoms with van der Waals surface area (Å²) >= 11 is 1.43. The third-order valence-corrected chi connectivity index (χ3v) is 3.43. The summed E-state index contributed by atoms with van der Waals surface area (Å²) in [5, 5.41) is 6.31. The Morgan fingerprint density at radius 2 is 2.40 bits per heavy atom. The smallest absolute Gasteiger partial charge is 0.240 e. The van der Waals surface area contributed by atoms with E-state index >= 15 is 0 Å². The first kappa shape index (κ1) is 14.5. The van der Waals surface area contributed by atoms with Crippen LogP contribution in [0.3, 0.4) is 0 Å². The quantitative estimate of drug-likeness (QED) is 0.607. The van der Waals surface area contributed by atoms with Crippen LogP contribution < -0.4 is 15.4 Å². The van der Waals surface area contributed by atoms with Gasteiger partial charge in [0.1, 0.15) is 5.75 Å². The summed E-state index contributed by atoms with van der Waals surface area (Å²) in [5.74, 6) is 0.699. The monoisotopic (exact) mass is 291 g/mol. The number of amides is 1. The molecule has 20 heavy (non-hydrogen) atoms. The van der Waals surface area contributed by atoms with E-state index in [0.717, 1.165) is 16.0 Å². The summed E-state index contributed by atoms with van der Waals surface area (Å²) in [7, 11) is 0. The summed E-state index contributed by atoms with van der Waals surface area (Å²) in [6, 6.07) is 5.70. The second-order valence-corrected chi connectivity index (χ2v) is 5.08. The van der Waals surface area contributed by atoms with Gasteiger partial charge in [-0.2, -0.15) is 0 Å². The Morgan fingerprint density at radius 1 is 1.55 bits per heavy atom. The molecule has 5 nitrogen and oxygen atoms in total. The van der Waals surface area contributed by atoms with Crippen LogP contribution in [0.5, 0.6) is 5.75 Å². The lowest BCUT2D eigenvalue weighted by molar-refractivity contribution is -0.115. The fraction of sp³-hybridized carbons (Fsp3) is 0.286. The number of carbonyl (C=O) groups is 1. The highest BCUT2D eigenvalue weighted by molar-refractivity contribution is 7.22. The van der Waals surface area contributed by atoms with E-state index in [2.05, 4.69) is 22.2 Å². The number of nitrogens with one attached hydrogen (secondary N) is 2. The van der Waals surface area contributed by atoms with Gasteiger partial charge in [-0.1, -0.05) is 17.4 Å². The maximum atomic E-state index is 11.7.